The van der Waals surface area contributed by atoms with Crippen LogP contribution in [0.15, 0.2) is 28.8 Å². The molecule has 2 aliphatic rings. The Hall–Kier alpha value is -2.52. The van der Waals surface area contributed by atoms with Crippen LogP contribution in [0.5, 0.6) is 0 Å². The van der Waals surface area contributed by atoms with E-state index in [1.54, 1.807) is 12.1 Å². The SMILES string of the molecule is CCOC1(c2nc([C@H]3CCCO3)no2)CCN(c2ccccc2[N+](=O)[O-])CC1. The highest BCUT2D eigenvalue weighted by Gasteiger charge is 2.43. The predicted molar refractivity (Wildman–Crippen MR) is 100 cm³/mol. The summed E-state index contributed by atoms with van der Waals surface area (Å²) in [5, 5.41) is 15.5. The van der Waals surface area contributed by atoms with Gasteiger partial charge >= 0.3 is 0 Å². The van der Waals surface area contributed by atoms with E-state index in [-0.39, 0.29) is 16.7 Å². The molecular formula is C19H24N4O5. The van der Waals surface area contributed by atoms with Crippen LogP contribution in [0.25, 0.3) is 0 Å². The summed E-state index contributed by atoms with van der Waals surface area (Å²) in [5.41, 5.74) is 0.0756. The van der Waals surface area contributed by atoms with E-state index in [1.807, 2.05) is 17.9 Å². The van der Waals surface area contributed by atoms with Crippen LogP contribution in [0, 0.1) is 10.1 Å². The minimum Gasteiger partial charge on any atom is -0.370 e. The summed E-state index contributed by atoms with van der Waals surface area (Å²) in [5.74, 6) is 1.05. The van der Waals surface area contributed by atoms with Gasteiger partial charge in [0.1, 0.15) is 17.4 Å². The van der Waals surface area contributed by atoms with Gasteiger partial charge in [0.25, 0.3) is 11.6 Å². The standard InChI is InChI=1S/C19H24N4O5/c1-2-27-19(18-20-17(21-28-18)16-8-5-13-26-16)9-11-22(12-10-19)14-6-3-4-7-15(14)23(24)25/h3-4,6-7,16H,2,5,8-13H2,1H3/t16-/m1/s1. The van der Waals surface area contributed by atoms with E-state index in [2.05, 4.69) is 10.1 Å². The minimum atomic E-state index is -0.668. The van der Waals surface area contributed by atoms with Crippen molar-refractivity contribution in [3.8, 4) is 0 Å². The van der Waals surface area contributed by atoms with Crippen molar-refractivity contribution in [2.75, 3.05) is 31.2 Å². The molecule has 28 heavy (non-hydrogen) atoms. The van der Waals surface area contributed by atoms with Gasteiger partial charge in [-0.1, -0.05) is 17.3 Å². The summed E-state index contributed by atoms with van der Waals surface area (Å²) in [6.07, 6.45) is 3.01. The third kappa shape index (κ3) is 3.47. The van der Waals surface area contributed by atoms with Gasteiger partial charge in [0.15, 0.2) is 0 Å². The summed E-state index contributed by atoms with van der Waals surface area (Å²) >= 11 is 0. The quantitative estimate of drug-likeness (QED) is 0.548. The number of para-hydroxylation sites is 2. The van der Waals surface area contributed by atoms with Crippen molar-refractivity contribution in [3.63, 3.8) is 0 Å². The number of hydrogen-bond donors (Lipinski definition) is 0. The highest BCUT2D eigenvalue weighted by molar-refractivity contribution is 5.63. The fourth-order valence-corrected chi connectivity index (χ4v) is 4.02. The molecule has 0 N–H and O–H groups in total. The van der Waals surface area contributed by atoms with E-state index in [4.69, 9.17) is 14.0 Å². The zero-order valence-corrected chi connectivity index (χ0v) is 15.9. The number of benzene rings is 1. The molecule has 2 aliphatic heterocycles. The molecule has 3 heterocycles. The zero-order valence-electron chi connectivity index (χ0n) is 15.9. The lowest BCUT2D eigenvalue weighted by atomic mass is 9.90. The first-order valence-corrected chi connectivity index (χ1v) is 9.71. The highest BCUT2D eigenvalue weighted by atomic mass is 16.6. The predicted octanol–water partition coefficient (Wildman–Crippen LogP) is 3.36. The summed E-state index contributed by atoms with van der Waals surface area (Å²) in [6, 6.07) is 6.82. The van der Waals surface area contributed by atoms with Crippen LogP contribution >= 0.6 is 0 Å². The third-order valence-electron chi connectivity index (χ3n) is 5.46. The van der Waals surface area contributed by atoms with Gasteiger partial charge in [0, 0.05) is 45.2 Å². The number of nitro benzene ring substituents is 1. The van der Waals surface area contributed by atoms with Crippen molar-refractivity contribution in [3.05, 3.63) is 46.1 Å². The van der Waals surface area contributed by atoms with Crippen molar-refractivity contribution < 1.29 is 18.9 Å². The lowest BCUT2D eigenvalue weighted by Gasteiger charge is -2.39. The molecule has 150 valence electrons. The van der Waals surface area contributed by atoms with Crippen molar-refractivity contribution >= 4 is 11.4 Å². The molecule has 0 saturated carbocycles. The fourth-order valence-electron chi connectivity index (χ4n) is 4.02. The van der Waals surface area contributed by atoms with Crippen LogP contribution in [0.2, 0.25) is 0 Å². The lowest BCUT2D eigenvalue weighted by Crippen LogP contribution is -2.44. The second-order valence-electron chi connectivity index (χ2n) is 7.12. The maximum Gasteiger partial charge on any atom is 0.292 e. The minimum absolute atomic E-state index is 0.108. The molecule has 1 atom stereocenters. The number of piperidine rings is 1. The van der Waals surface area contributed by atoms with E-state index >= 15 is 0 Å². The Labute approximate surface area is 162 Å². The van der Waals surface area contributed by atoms with Crippen molar-refractivity contribution in [2.45, 2.75) is 44.3 Å². The van der Waals surface area contributed by atoms with Crippen LogP contribution in [0.4, 0.5) is 11.4 Å². The molecule has 1 aromatic heterocycles. The first kappa shape index (κ1) is 18.8. The Morgan fingerprint density at radius 3 is 2.82 bits per heavy atom. The molecule has 4 rings (SSSR count). The molecule has 9 heteroatoms. The summed E-state index contributed by atoms with van der Waals surface area (Å²) in [7, 11) is 0. The molecular weight excluding hydrogens is 364 g/mol. The molecule has 0 aliphatic carbocycles. The van der Waals surface area contributed by atoms with Crippen LogP contribution in [0.3, 0.4) is 0 Å². The molecule has 0 radical (unpaired) electrons. The number of rotatable bonds is 6. The highest BCUT2D eigenvalue weighted by Crippen LogP contribution is 2.40. The third-order valence-corrected chi connectivity index (χ3v) is 5.46. The van der Waals surface area contributed by atoms with E-state index in [0.29, 0.717) is 49.9 Å². The van der Waals surface area contributed by atoms with Gasteiger partial charge in [-0.25, -0.2) is 0 Å². The number of ether oxygens (including phenoxy) is 2. The Morgan fingerprint density at radius 1 is 1.36 bits per heavy atom. The van der Waals surface area contributed by atoms with Crippen LogP contribution in [0.1, 0.15) is 50.4 Å². The van der Waals surface area contributed by atoms with Gasteiger partial charge in [-0.15, -0.1) is 0 Å². The second-order valence-corrected chi connectivity index (χ2v) is 7.12. The Balaban J connectivity index is 1.54. The lowest BCUT2D eigenvalue weighted by molar-refractivity contribution is -0.384. The summed E-state index contributed by atoms with van der Waals surface area (Å²) in [6.45, 7) is 4.37. The molecule has 0 amide bonds. The van der Waals surface area contributed by atoms with Crippen LogP contribution in [-0.4, -0.2) is 41.4 Å². The number of nitro groups is 1. The fraction of sp³-hybridized carbons (Fsp3) is 0.579. The Morgan fingerprint density at radius 2 is 2.14 bits per heavy atom. The molecule has 2 saturated heterocycles. The van der Waals surface area contributed by atoms with Gasteiger partial charge in [-0.2, -0.15) is 4.98 Å². The maximum atomic E-state index is 11.4. The van der Waals surface area contributed by atoms with Gasteiger partial charge in [-0.05, 0) is 25.8 Å². The first-order valence-electron chi connectivity index (χ1n) is 9.71. The molecule has 0 spiro atoms. The van der Waals surface area contributed by atoms with Gasteiger partial charge in [0.2, 0.25) is 5.82 Å². The molecule has 0 unspecified atom stereocenters. The molecule has 1 aromatic carbocycles. The van der Waals surface area contributed by atoms with Crippen molar-refractivity contribution in [2.24, 2.45) is 0 Å². The van der Waals surface area contributed by atoms with Crippen molar-refractivity contribution in [1.82, 2.24) is 10.1 Å². The molecule has 0 bridgehead atoms. The Bertz CT molecular complexity index is 825. The molecule has 9 nitrogen and oxygen atoms in total. The number of hydrogen-bond acceptors (Lipinski definition) is 8. The van der Waals surface area contributed by atoms with Gasteiger partial charge in [-0.3, -0.25) is 10.1 Å². The maximum absolute atomic E-state index is 11.4. The van der Waals surface area contributed by atoms with Crippen LogP contribution in [-0.2, 0) is 15.1 Å². The van der Waals surface area contributed by atoms with Gasteiger partial charge in [0.05, 0.1) is 4.92 Å². The summed E-state index contributed by atoms with van der Waals surface area (Å²) in [4.78, 5) is 17.6. The normalized spacial score (nSPS) is 21.8. The van der Waals surface area contributed by atoms with E-state index < -0.39 is 5.60 Å². The van der Waals surface area contributed by atoms with Crippen LogP contribution < -0.4 is 4.90 Å². The van der Waals surface area contributed by atoms with Gasteiger partial charge < -0.3 is 18.9 Å². The van der Waals surface area contributed by atoms with E-state index in [0.717, 1.165) is 19.4 Å². The molecule has 2 aromatic rings. The average Bonchev–Trinajstić information content (AvgIpc) is 3.41. The van der Waals surface area contributed by atoms with Crippen molar-refractivity contribution in [1.29, 1.82) is 0 Å². The summed E-state index contributed by atoms with van der Waals surface area (Å²) < 4.78 is 17.3. The van der Waals surface area contributed by atoms with E-state index in [1.165, 1.54) is 6.07 Å². The number of anilines is 1. The second kappa shape index (κ2) is 7.84. The topological polar surface area (TPSA) is 104 Å². The van der Waals surface area contributed by atoms with E-state index in [9.17, 15) is 10.1 Å². The number of nitrogens with zero attached hydrogens (tertiary/aromatic N) is 4. The first-order chi connectivity index (χ1) is 13.6. The smallest absolute Gasteiger partial charge is 0.292 e. The average molecular weight is 388 g/mol. The Kier molecular flexibility index (Phi) is 5.27. The number of aromatic nitrogens is 2. The monoisotopic (exact) mass is 388 g/mol. The largest absolute Gasteiger partial charge is 0.370 e. The zero-order chi connectivity index (χ0) is 19.6. The molecule has 2 fully saturated rings.